The van der Waals surface area contributed by atoms with E-state index in [9.17, 15) is 14.7 Å². The summed E-state index contributed by atoms with van der Waals surface area (Å²) >= 11 is 12.0. The van der Waals surface area contributed by atoms with E-state index in [-0.39, 0.29) is 0 Å². The van der Waals surface area contributed by atoms with E-state index in [0.717, 1.165) is 0 Å². The van der Waals surface area contributed by atoms with Crippen LogP contribution >= 0.6 is 23.2 Å². The van der Waals surface area contributed by atoms with Gasteiger partial charge in [-0.25, -0.2) is 4.79 Å². The Balaban J connectivity index is 3.23. The first-order valence-corrected chi connectivity index (χ1v) is 7.77. The van der Waals surface area contributed by atoms with E-state index in [1.165, 1.54) is 19.9 Å². The molecule has 0 aliphatic carbocycles. The lowest BCUT2D eigenvalue weighted by Gasteiger charge is -2.32. The lowest BCUT2D eigenvalue weighted by molar-refractivity contribution is -0.148. The lowest BCUT2D eigenvalue weighted by atomic mass is 9.80. The zero-order valence-electron chi connectivity index (χ0n) is 13.7. The van der Waals surface area contributed by atoms with Crippen LogP contribution in [0.3, 0.4) is 0 Å². The van der Waals surface area contributed by atoms with Crippen LogP contribution in [0.2, 0.25) is 10.0 Å². The van der Waals surface area contributed by atoms with E-state index >= 15 is 0 Å². The second-order valence-electron chi connectivity index (χ2n) is 6.81. The molecule has 0 aliphatic heterocycles. The van der Waals surface area contributed by atoms with Crippen molar-refractivity contribution in [2.75, 3.05) is 0 Å². The van der Waals surface area contributed by atoms with Crippen molar-refractivity contribution in [3.8, 4) is 0 Å². The minimum Gasteiger partial charge on any atom is -0.481 e. The molecule has 1 atom stereocenters. The first kappa shape index (κ1) is 19.6. The number of nitrogens with one attached hydrogen (secondary N) is 1. The van der Waals surface area contributed by atoms with Gasteiger partial charge >= 0.3 is 12.1 Å². The molecular formula is C16H21Cl2NO4. The number of hydrogen-bond acceptors (Lipinski definition) is 3. The Kier molecular flexibility index (Phi) is 5.94. The summed E-state index contributed by atoms with van der Waals surface area (Å²) in [5.41, 5.74) is -1.51. The average Bonchev–Trinajstić information content (AvgIpc) is 2.32. The number of carbonyl (C=O) groups is 2. The third-order valence-electron chi connectivity index (χ3n) is 3.15. The largest absolute Gasteiger partial charge is 0.481 e. The van der Waals surface area contributed by atoms with Crippen molar-refractivity contribution in [2.45, 2.75) is 46.3 Å². The Hall–Kier alpha value is -1.46. The molecule has 1 aromatic rings. The van der Waals surface area contributed by atoms with Crippen LogP contribution in [0.15, 0.2) is 18.2 Å². The molecule has 5 nitrogen and oxygen atoms in total. The first-order chi connectivity index (χ1) is 10.3. The van der Waals surface area contributed by atoms with Crippen LogP contribution in [-0.2, 0) is 9.53 Å². The van der Waals surface area contributed by atoms with Crippen molar-refractivity contribution in [3.63, 3.8) is 0 Å². The maximum absolute atomic E-state index is 12.1. The van der Waals surface area contributed by atoms with E-state index in [1.54, 1.807) is 32.9 Å². The molecule has 0 aliphatic rings. The number of aliphatic carboxylic acids is 1. The summed E-state index contributed by atoms with van der Waals surface area (Å²) < 4.78 is 5.22. The van der Waals surface area contributed by atoms with Gasteiger partial charge in [-0.3, -0.25) is 4.79 Å². The maximum Gasteiger partial charge on any atom is 0.408 e. The topological polar surface area (TPSA) is 75.6 Å². The first-order valence-electron chi connectivity index (χ1n) is 7.02. The van der Waals surface area contributed by atoms with Crippen molar-refractivity contribution in [2.24, 2.45) is 5.41 Å². The van der Waals surface area contributed by atoms with Crippen LogP contribution in [0.1, 0.15) is 46.2 Å². The molecule has 128 valence electrons. The molecule has 0 saturated heterocycles. The Bertz CT molecular complexity index is 588. The van der Waals surface area contributed by atoms with E-state index in [2.05, 4.69) is 5.32 Å². The van der Waals surface area contributed by atoms with E-state index in [0.29, 0.717) is 15.6 Å². The molecule has 0 spiro atoms. The summed E-state index contributed by atoms with van der Waals surface area (Å²) in [5.74, 6) is -1.07. The van der Waals surface area contributed by atoms with Gasteiger partial charge in [0.15, 0.2) is 0 Å². The maximum atomic E-state index is 12.1. The third-order valence-corrected chi connectivity index (χ3v) is 3.59. The highest BCUT2D eigenvalue weighted by Crippen LogP contribution is 2.36. The van der Waals surface area contributed by atoms with Gasteiger partial charge in [-0.05, 0) is 58.4 Å². The summed E-state index contributed by atoms with van der Waals surface area (Å²) in [4.78, 5) is 23.7. The van der Waals surface area contributed by atoms with Crippen molar-refractivity contribution in [1.82, 2.24) is 5.32 Å². The molecule has 23 heavy (non-hydrogen) atoms. The lowest BCUT2D eigenvalue weighted by Crippen LogP contribution is -2.44. The summed E-state index contributed by atoms with van der Waals surface area (Å²) in [7, 11) is 0. The van der Waals surface area contributed by atoms with Crippen molar-refractivity contribution in [1.29, 1.82) is 0 Å². The zero-order valence-corrected chi connectivity index (χ0v) is 15.2. The van der Waals surface area contributed by atoms with Gasteiger partial charge in [0, 0.05) is 10.0 Å². The van der Waals surface area contributed by atoms with Gasteiger partial charge in [0.1, 0.15) is 5.60 Å². The number of carboxylic acids is 1. The van der Waals surface area contributed by atoms with Crippen molar-refractivity contribution < 1.29 is 19.4 Å². The fourth-order valence-corrected chi connectivity index (χ4v) is 2.51. The minimum absolute atomic E-state index is 0.352. The highest BCUT2D eigenvalue weighted by molar-refractivity contribution is 6.34. The highest BCUT2D eigenvalue weighted by Gasteiger charge is 2.40. The summed E-state index contributed by atoms with van der Waals surface area (Å²) in [6.07, 6.45) is -0.715. The number of carboxylic acid groups (broad SMARTS) is 1. The second-order valence-corrected chi connectivity index (χ2v) is 7.68. The second kappa shape index (κ2) is 6.97. The summed E-state index contributed by atoms with van der Waals surface area (Å²) in [6, 6.07) is 3.80. The van der Waals surface area contributed by atoms with Gasteiger partial charge in [0.2, 0.25) is 0 Å². The number of hydrogen-bond donors (Lipinski definition) is 2. The molecule has 0 aromatic heterocycles. The molecule has 0 bridgehead atoms. The van der Waals surface area contributed by atoms with Crippen LogP contribution in [0.5, 0.6) is 0 Å². The van der Waals surface area contributed by atoms with Gasteiger partial charge in [-0.15, -0.1) is 0 Å². The molecule has 0 fully saturated rings. The van der Waals surface area contributed by atoms with Gasteiger partial charge in [0.25, 0.3) is 0 Å². The van der Waals surface area contributed by atoms with Crippen molar-refractivity contribution >= 4 is 35.3 Å². The zero-order chi connectivity index (χ0) is 18.0. The number of carbonyl (C=O) groups excluding carboxylic acids is 1. The van der Waals surface area contributed by atoms with E-state index < -0.39 is 29.1 Å². The molecule has 0 saturated carbocycles. The standard InChI is InChI=1S/C16H21Cl2NO4/c1-15(2,3)23-14(22)19-12(16(4,5)13(20)21)9-6-10(17)8-11(18)7-9/h6-8,12H,1-5H3,(H,19,22)(H,20,21). The Morgan fingerprint density at radius 3 is 1.96 bits per heavy atom. The number of amides is 1. The number of halogens is 2. The number of benzene rings is 1. The van der Waals surface area contributed by atoms with Crippen LogP contribution in [-0.4, -0.2) is 22.8 Å². The molecule has 0 radical (unpaired) electrons. The molecule has 1 rings (SSSR count). The monoisotopic (exact) mass is 361 g/mol. The van der Waals surface area contributed by atoms with Crippen molar-refractivity contribution in [3.05, 3.63) is 33.8 Å². The predicted octanol–water partition coefficient (Wildman–Crippen LogP) is 4.67. The fraction of sp³-hybridized carbons (Fsp3) is 0.500. The van der Waals surface area contributed by atoms with Gasteiger partial charge in [-0.1, -0.05) is 23.2 Å². The normalized spacial score (nSPS) is 13.3. The third kappa shape index (κ3) is 5.59. The summed E-state index contributed by atoms with van der Waals surface area (Å²) in [5, 5.41) is 12.8. The number of ether oxygens (including phenoxy) is 1. The van der Waals surface area contributed by atoms with E-state index in [4.69, 9.17) is 27.9 Å². The average molecular weight is 362 g/mol. The highest BCUT2D eigenvalue weighted by atomic mass is 35.5. The molecular weight excluding hydrogens is 341 g/mol. The molecule has 1 amide bonds. The quantitative estimate of drug-likeness (QED) is 0.816. The summed E-state index contributed by atoms with van der Waals surface area (Å²) in [6.45, 7) is 8.18. The number of alkyl carbamates (subject to hydrolysis) is 1. The van der Waals surface area contributed by atoms with Crippen LogP contribution in [0.25, 0.3) is 0 Å². The van der Waals surface area contributed by atoms with Gasteiger partial charge in [0.05, 0.1) is 11.5 Å². The van der Waals surface area contributed by atoms with Crippen LogP contribution in [0.4, 0.5) is 4.79 Å². The molecule has 7 heteroatoms. The Morgan fingerprint density at radius 2 is 1.57 bits per heavy atom. The predicted molar refractivity (Wildman–Crippen MR) is 90.0 cm³/mol. The molecule has 0 heterocycles. The minimum atomic E-state index is -1.30. The molecule has 1 aromatic carbocycles. The Labute approximate surface area is 145 Å². The molecule has 1 unspecified atom stereocenters. The Morgan fingerprint density at radius 1 is 1.09 bits per heavy atom. The fourth-order valence-electron chi connectivity index (χ4n) is 1.97. The molecule has 2 N–H and O–H groups in total. The van der Waals surface area contributed by atoms with Crippen LogP contribution < -0.4 is 5.32 Å². The smallest absolute Gasteiger partial charge is 0.408 e. The van der Waals surface area contributed by atoms with Gasteiger partial charge < -0.3 is 15.2 Å². The number of rotatable bonds is 4. The van der Waals surface area contributed by atoms with Crippen LogP contribution in [0, 0.1) is 5.41 Å². The van der Waals surface area contributed by atoms with E-state index in [1.807, 2.05) is 0 Å². The van der Waals surface area contributed by atoms with Gasteiger partial charge in [-0.2, -0.15) is 0 Å². The SMILES string of the molecule is CC(C)(C)OC(=O)NC(c1cc(Cl)cc(Cl)c1)C(C)(C)C(=O)O.